The molecule has 17 heavy (non-hydrogen) atoms. The molecule has 0 spiro atoms. The van der Waals surface area contributed by atoms with Crippen molar-refractivity contribution < 1.29 is 9.18 Å². The Kier molecular flexibility index (Phi) is 3.27. The fourth-order valence-electron chi connectivity index (χ4n) is 1.55. The summed E-state index contributed by atoms with van der Waals surface area (Å²) in [7, 11) is 0. The normalized spacial score (nSPS) is 10.5. The third-order valence-electron chi connectivity index (χ3n) is 2.29. The largest absolute Gasteiger partial charge is 0.300 e. The molecule has 0 aliphatic carbocycles. The second-order valence-electron chi connectivity index (χ2n) is 3.84. The average molecular weight is 233 g/mol. The zero-order chi connectivity index (χ0) is 12.3. The van der Waals surface area contributed by atoms with E-state index in [9.17, 15) is 9.18 Å². The molecule has 2 heterocycles. The molecule has 88 valence electrons. The molecule has 0 aliphatic rings. The van der Waals surface area contributed by atoms with Gasteiger partial charge >= 0.3 is 0 Å². The summed E-state index contributed by atoms with van der Waals surface area (Å²) in [6.07, 6.45) is 3.44. The molecular weight excluding hydrogens is 221 g/mol. The summed E-state index contributed by atoms with van der Waals surface area (Å²) in [6, 6.07) is 5.10. The van der Waals surface area contributed by atoms with Gasteiger partial charge in [0, 0.05) is 18.0 Å². The molecule has 0 saturated heterocycles. The molecule has 0 bridgehead atoms. The lowest BCUT2D eigenvalue weighted by atomic mass is 10.2. The molecule has 0 amide bonds. The molecule has 2 aromatic rings. The molecule has 0 atom stereocenters. The topological polar surface area (TPSA) is 47.8 Å². The second-order valence-corrected chi connectivity index (χ2v) is 3.84. The Labute approximate surface area is 98.1 Å². The molecule has 4 nitrogen and oxygen atoms in total. The maximum absolute atomic E-state index is 13.3. The minimum atomic E-state index is -0.490. The van der Waals surface area contributed by atoms with E-state index in [0.29, 0.717) is 24.2 Å². The zero-order valence-electron chi connectivity index (χ0n) is 9.43. The van der Waals surface area contributed by atoms with E-state index in [2.05, 4.69) is 10.1 Å². The van der Waals surface area contributed by atoms with Crippen molar-refractivity contribution in [2.24, 2.45) is 0 Å². The van der Waals surface area contributed by atoms with Crippen LogP contribution in [0.25, 0.3) is 0 Å². The summed E-state index contributed by atoms with van der Waals surface area (Å²) in [5, 5.41) is 4.19. The van der Waals surface area contributed by atoms with Gasteiger partial charge in [0.25, 0.3) is 0 Å². The molecular formula is C12H12FN3O. The Hall–Kier alpha value is -2.04. The summed E-state index contributed by atoms with van der Waals surface area (Å²) in [5.74, 6) is -0.432. The fourth-order valence-corrected chi connectivity index (χ4v) is 1.55. The van der Waals surface area contributed by atoms with Crippen LogP contribution in [-0.4, -0.2) is 20.5 Å². The highest BCUT2D eigenvalue weighted by atomic mass is 19.1. The Morgan fingerprint density at radius 2 is 2.29 bits per heavy atom. The number of carbonyl (C=O) groups excluding carboxylic acids is 1. The average Bonchev–Trinajstić information content (AvgIpc) is 2.68. The summed E-state index contributed by atoms with van der Waals surface area (Å²) >= 11 is 0. The number of aromatic nitrogens is 3. The number of rotatable bonds is 4. The van der Waals surface area contributed by atoms with E-state index >= 15 is 0 Å². The first-order chi connectivity index (χ1) is 8.15. The van der Waals surface area contributed by atoms with Crippen molar-refractivity contribution in [2.75, 3.05) is 0 Å². The van der Waals surface area contributed by atoms with Crippen LogP contribution >= 0.6 is 0 Å². The van der Waals surface area contributed by atoms with Crippen molar-refractivity contribution >= 4 is 5.78 Å². The third-order valence-corrected chi connectivity index (χ3v) is 2.29. The standard InChI is InChI=1S/C12H12FN3O/c1-9(17)7-11-4-6-16(15-11)8-10-3-2-5-14-12(10)13/h2-6H,7-8H2,1H3. The van der Waals surface area contributed by atoms with E-state index in [1.165, 1.54) is 13.1 Å². The van der Waals surface area contributed by atoms with Crippen LogP contribution in [0.4, 0.5) is 4.39 Å². The van der Waals surface area contributed by atoms with Crippen molar-refractivity contribution in [1.29, 1.82) is 0 Å². The first kappa shape index (κ1) is 11.4. The number of nitrogens with zero attached hydrogens (tertiary/aromatic N) is 3. The van der Waals surface area contributed by atoms with Crippen LogP contribution in [-0.2, 0) is 17.8 Å². The van der Waals surface area contributed by atoms with Crippen LogP contribution in [0.3, 0.4) is 0 Å². The van der Waals surface area contributed by atoms with Crippen LogP contribution in [0.2, 0.25) is 0 Å². The van der Waals surface area contributed by atoms with E-state index in [1.807, 2.05) is 0 Å². The predicted octanol–water partition coefficient (Wildman–Crippen LogP) is 1.60. The Balaban J connectivity index is 2.12. The number of Topliss-reactive ketones (excluding diaryl/α,β-unsaturated/α-hetero) is 1. The zero-order valence-corrected chi connectivity index (χ0v) is 9.43. The monoisotopic (exact) mass is 233 g/mol. The quantitative estimate of drug-likeness (QED) is 0.753. The second kappa shape index (κ2) is 4.86. The lowest BCUT2D eigenvalue weighted by Crippen LogP contribution is -2.05. The molecule has 0 fully saturated rings. The van der Waals surface area contributed by atoms with Crippen LogP contribution in [0, 0.1) is 5.95 Å². The number of carbonyl (C=O) groups is 1. The van der Waals surface area contributed by atoms with Crippen molar-refractivity contribution in [1.82, 2.24) is 14.8 Å². The number of pyridine rings is 1. The van der Waals surface area contributed by atoms with Gasteiger partial charge in [-0.25, -0.2) is 4.98 Å². The van der Waals surface area contributed by atoms with E-state index < -0.39 is 5.95 Å². The summed E-state index contributed by atoms with van der Waals surface area (Å²) in [4.78, 5) is 14.5. The van der Waals surface area contributed by atoms with Crippen LogP contribution in [0.15, 0.2) is 30.6 Å². The van der Waals surface area contributed by atoms with Crippen molar-refractivity contribution in [3.05, 3.63) is 47.8 Å². The van der Waals surface area contributed by atoms with E-state index in [1.54, 1.807) is 29.1 Å². The summed E-state index contributed by atoms with van der Waals surface area (Å²) in [5.41, 5.74) is 1.17. The molecule has 5 heteroatoms. The van der Waals surface area contributed by atoms with Crippen LogP contribution in [0.1, 0.15) is 18.2 Å². The molecule has 2 rings (SSSR count). The van der Waals surface area contributed by atoms with Gasteiger partial charge in [0.05, 0.1) is 18.7 Å². The molecule has 0 N–H and O–H groups in total. The van der Waals surface area contributed by atoms with Gasteiger partial charge in [-0.15, -0.1) is 0 Å². The molecule has 0 aliphatic heterocycles. The Morgan fingerprint density at radius 1 is 1.47 bits per heavy atom. The van der Waals surface area contributed by atoms with E-state index in [4.69, 9.17) is 0 Å². The van der Waals surface area contributed by atoms with E-state index in [-0.39, 0.29) is 5.78 Å². The lowest BCUT2D eigenvalue weighted by molar-refractivity contribution is -0.116. The van der Waals surface area contributed by atoms with Crippen molar-refractivity contribution in [3.63, 3.8) is 0 Å². The van der Waals surface area contributed by atoms with Gasteiger partial charge < -0.3 is 0 Å². The number of ketones is 1. The Bertz CT molecular complexity index is 536. The lowest BCUT2D eigenvalue weighted by Gasteiger charge is -2.02. The van der Waals surface area contributed by atoms with Gasteiger partial charge in [-0.05, 0) is 19.1 Å². The molecule has 0 unspecified atom stereocenters. The van der Waals surface area contributed by atoms with Gasteiger partial charge in [0.1, 0.15) is 5.78 Å². The van der Waals surface area contributed by atoms with Crippen LogP contribution < -0.4 is 0 Å². The summed E-state index contributed by atoms with van der Waals surface area (Å²) in [6.45, 7) is 1.83. The van der Waals surface area contributed by atoms with Gasteiger partial charge in [0.2, 0.25) is 5.95 Å². The van der Waals surface area contributed by atoms with Gasteiger partial charge in [-0.1, -0.05) is 6.07 Å². The minimum absolute atomic E-state index is 0.0582. The van der Waals surface area contributed by atoms with Crippen molar-refractivity contribution in [2.45, 2.75) is 19.9 Å². The molecule has 2 aromatic heterocycles. The SMILES string of the molecule is CC(=O)Cc1ccn(Cc2cccnc2F)n1. The smallest absolute Gasteiger partial charge is 0.217 e. The van der Waals surface area contributed by atoms with Crippen LogP contribution in [0.5, 0.6) is 0 Å². The predicted molar refractivity (Wildman–Crippen MR) is 59.9 cm³/mol. The summed E-state index contributed by atoms with van der Waals surface area (Å²) < 4.78 is 14.9. The van der Waals surface area contributed by atoms with Crippen molar-refractivity contribution in [3.8, 4) is 0 Å². The first-order valence-electron chi connectivity index (χ1n) is 5.26. The molecule has 0 aromatic carbocycles. The fraction of sp³-hybridized carbons (Fsp3) is 0.250. The van der Waals surface area contributed by atoms with Gasteiger partial charge in [-0.3, -0.25) is 9.48 Å². The molecule has 0 saturated carbocycles. The maximum atomic E-state index is 13.3. The number of hydrogen-bond donors (Lipinski definition) is 0. The molecule has 0 radical (unpaired) electrons. The highest BCUT2D eigenvalue weighted by Crippen LogP contribution is 2.06. The highest BCUT2D eigenvalue weighted by molar-refractivity contribution is 5.77. The van der Waals surface area contributed by atoms with E-state index in [0.717, 1.165) is 0 Å². The first-order valence-corrected chi connectivity index (χ1v) is 5.26. The number of hydrogen-bond acceptors (Lipinski definition) is 3. The highest BCUT2D eigenvalue weighted by Gasteiger charge is 2.05. The maximum Gasteiger partial charge on any atom is 0.217 e. The number of halogens is 1. The van der Waals surface area contributed by atoms with Gasteiger partial charge in [-0.2, -0.15) is 9.49 Å². The third kappa shape index (κ3) is 2.96. The minimum Gasteiger partial charge on any atom is -0.300 e. The Morgan fingerprint density at radius 3 is 3.00 bits per heavy atom. The van der Waals surface area contributed by atoms with Gasteiger partial charge in [0.15, 0.2) is 0 Å².